The lowest BCUT2D eigenvalue weighted by atomic mass is 9.91. The molecular weight excluding hydrogens is 334 g/mol. The summed E-state index contributed by atoms with van der Waals surface area (Å²) in [6.07, 6.45) is 3.67. The van der Waals surface area contributed by atoms with Crippen molar-refractivity contribution in [2.75, 3.05) is 32.8 Å². The monoisotopic (exact) mass is 359 g/mol. The quantitative estimate of drug-likeness (QED) is 0.860. The van der Waals surface area contributed by atoms with Crippen LogP contribution >= 0.6 is 0 Å². The first-order valence-electron chi connectivity index (χ1n) is 9.02. The van der Waals surface area contributed by atoms with Gasteiger partial charge in [0.25, 0.3) is 5.91 Å². The van der Waals surface area contributed by atoms with E-state index in [1.807, 2.05) is 22.7 Å². The largest absolute Gasteiger partial charge is 0.369 e. The average molecular weight is 359 g/mol. The summed E-state index contributed by atoms with van der Waals surface area (Å²) in [7, 11) is 0. The number of morpholine rings is 1. The van der Waals surface area contributed by atoms with Crippen molar-refractivity contribution < 1.29 is 9.53 Å². The molecular formula is C17H25N7O2. The molecule has 2 aromatic rings. The Kier molecular flexibility index (Phi) is 4.28. The molecule has 0 aliphatic carbocycles. The van der Waals surface area contributed by atoms with Crippen LogP contribution in [0.5, 0.6) is 0 Å². The first-order valence-corrected chi connectivity index (χ1v) is 9.02. The zero-order chi connectivity index (χ0) is 18.3. The Morgan fingerprint density at radius 1 is 1.38 bits per heavy atom. The van der Waals surface area contributed by atoms with Gasteiger partial charge in [-0.1, -0.05) is 5.21 Å². The van der Waals surface area contributed by atoms with E-state index in [1.54, 1.807) is 6.20 Å². The van der Waals surface area contributed by atoms with E-state index >= 15 is 0 Å². The molecule has 2 fully saturated rings. The second kappa shape index (κ2) is 6.48. The molecule has 4 heterocycles. The van der Waals surface area contributed by atoms with Crippen LogP contribution in [-0.4, -0.2) is 79.3 Å². The van der Waals surface area contributed by atoms with Crippen molar-refractivity contribution in [3.05, 3.63) is 29.3 Å². The summed E-state index contributed by atoms with van der Waals surface area (Å²) in [5, 5.41) is 15.1. The molecule has 2 aromatic heterocycles. The van der Waals surface area contributed by atoms with Gasteiger partial charge in [0.1, 0.15) is 11.3 Å². The van der Waals surface area contributed by atoms with E-state index in [9.17, 15) is 4.79 Å². The molecule has 0 unspecified atom stereocenters. The molecule has 0 bridgehead atoms. The number of carbonyl (C=O) groups is 1. The first kappa shape index (κ1) is 17.2. The van der Waals surface area contributed by atoms with E-state index in [0.29, 0.717) is 31.4 Å². The fraction of sp³-hybridized carbons (Fsp3) is 0.647. The zero-order valence-corrected chi connectivity index (χ0v) is 15.5. The number of hydrogen-bond donors (Lipinski definition) is 1. The molecule has 0 saturated carbocycles. The van der Waals surface area contributed by atoms with E-state index in [4.69, 9.17) is 4.74 Å². The summed E-state index contributed by atoms with van der Waals surface area (Å²) in [6, 6.07) is 0.311. The van der Waals surface area contributed by atoms with Crippen molar-refractivity contribution in [3.8, 4) is 0 Å². The number of aromatic nitrogens is 5. The highest BCUT2D eigenvalue weighted by molar-refractivity contribution is 5.93. The van der Waals surface area contributed by atoms with Crippen molar-refractivity contribution in [3.63, 3.8) is 0 Å². The molecule has 1 spiro atoms. The number of aromatic amines is 1. The van der Waals surface area contributed by atoms with E-state index in [-0.39, 0.29) is 11.5 Å². The van der Waals surface area contributed by atoms with Gasteiger partial charge in [-0.25, -0.2) is 4.68 Å². The smallest absolute Gasteiger partial charge is 0.272 e. The molecule has 2 saturated heterocycles. The number of nitrogens with zero attached hydrogens (tertiary/aromatic N) is 6. The van der Waals surface area contributed by atoms with Crippen LogP contribution in [0.4, 0.5) is 0 Å². The van der Waals surface area contributed by atoms with Crippen LogP contribution < -0.4 is 0 Å². The SMILES string of the molecule is Cc1cn[nH]c1C(=O)N1CCOC2(CN(Cc3cn(C(C)C)nn3)C2)C1. The van der Waals surface area contributed by atoms with Crippen LogP contribution in [0.15, 0.2) is 12.4 Å². The summed E-state index contributed by atoms with van der Waals surface area (Å²) in [5.41, 5.74) is 2.14. The van der Waals surface area contributed by atoms with Gasteiger partial charge in [0.2, 0.25) is 0 Å². The zero-order valence-electron chi connectivity index (χ0n) is 15.5. The molecule has 4 rings (SSSR count). The topological polar surface area (TPSA) is 92.2 Å². The van der Waals surface area contributed by atoms with Crippen molar-refractivity contribution >= 4 is 5.91 Å². The molecule has 0 aromatic carbocycles. The maximum absolute atomic E-state index is 12.7. The van der Waals surface area contributed by atoms with Crippen LogP contribution in [0.1, 0.15) is 41.6 Å². The lowest BCUT2D eigenvalue weighted by Gasteiger charge is -2.53. The van der Waals surface area contributed by atoms with Crippen LogP contribution in [0.3, 0.4) is 0 Å². The maximum Gasteiger partial charge on any atom is 0.272 e. The molecule has 0 radical (unpaired) electrons. The van der Waals surface area contributed by atoms with Gasteiger partial charge in [-0.15, -0.1) is 5.10 Å². The third kappa shape index (κ3) is 3.12. The van der Waals surface area contributed by atoms with E-state index in [1.165, 1.54) is 0 Å². The number of nitrogens with one attached hydrogen (secondary N) is 1. The van der Waals surface area contributed by atoms with Gasteiger partial charge in [0, 0.05) is 32.2 Å². The first-order chi connectivity index (χ1) is 12.5. The fourth-order valence-corrected chi connectivity index (χ4v) is 3.68. The Morgan fingerprint density at radius 2 is 2.19 bits per heavy atom. The molecule has 2 aliphatic heterocycles. The predicted molar refractivity (Wildman–Crippen MR) is 93.6 cm³/mol. The lowest BCUT2D eigenvalue weighted by Crippen LogP contribution is -2.70. The minimum absolute atomic E-state index is 0.000927. The van der Waals surface area contributed by atoms with Crippen LogP contribution in [0.2, 0.25) is 0 Å². The third-order valence-corrected chi connectivity index (χ3v) is 5.07. The molecule has 9 heteroatoms. The van der Waals surface area contributed by atoms with Gasteiger partial charge in [-0.3, -0.25) is 14.8 Å². The number of ether oxygens (including phenoxy) is 1. The maximum atomic E-state index is 12.7. The van der Waals surface area contributed by atoms with Crippen molar-refractivity contribution in [1.82, 2.24) is 35.0 Å². The van der Waals surface area contributed by atoms with Crippen molar-refractivity contribution in [1.29, 1.82) is 0 Å². The Labute approximate surface area is 152 Å². The number of aryl methyl sites for hydroxylation is 1. The highest BCUT2D eigenvalue weighted by atomic mass is 16.5. The normalized spacial score (nSPS) is 19.9. The Hall–Kier alpha value is -2.26. The van der Waals surface area contributed by atoms with Crippen molar-refractivity contribution in [2.45, 2.75) is 39.0 Å². The van der Waals surface area contributed by atoms with E-state index < -0.39 is 0 Å². The van der Waals surface area contributed by atoms with Crippen LogP contribution in [-0.2, 0) is 11.3 Å². The highest BCUT2D eigenvalue weighted by Gasteiger charge is 2.48. The minimum Gasteiger partial charge on any atom is -0.369 e. The van der Waals surface area contributed by atoms with Gasteiger partial charge in [0.15, 0.2) is 0 Å². The molecule has 1 amide bonds. The van der Waals surface area contributed by atoms with Gasteiger partial charge in [0.05, 0.1) is 31.2 Å². The third-order valence-electron chi connectivity index (χ3n) is 5.07. The Morgan fingerprint density at radius 3 is 2.85 bits per heavy atom. The van der Waals surface area contributed by atoms with Crippen LogP contribution in [0.25, 0.3) is 0 Å². The van der Waals surface area contributed by atoms with Gasteiger partial charge in [-0.2, -0.15) is 5.10 Å². The number of rotatable bonds is 4. The number of carbonyl (C=O) groups excluding carboxylic acids is 1. The Bertz CT molecular complexity index is 791. The van der Waals surface area contributed by atoms with E-state index in [2.05, 4.69) is 39.3 Å². The van der Waals surface area contributed by atoms with Gasteiger partial charge < -0.3 is 9.64 Å². The molecule has 26 heavy (non-hydrogen) atoms. The highest BCUT2D eigenvalue weighted by Crippen LogP contribution is 2.30. The summed E-state index contributed by atoms with van der Waals surface area (Å²) in [5.74, 6) is 0.000927. The van der Waals surface area contributed by atoms with E-state index in [0.717, 1.165) is 30.9 Å². The number of H-pyrrole nitrogens is 1. The number of likely N-dealkylation sites (tertiary alicyclic amines) is 1. The Balaban J connectivity index is 1.35. The number of hydrogen-bond acceptors (Lipinski definition) is 6. The van der Waals surface area contributed by atoms with Crippen molar-refractivity contribution in [2.24, 2.45) is 0 Å². The van der Waals surface area contributed by atoms with Gasteiger partial charge >= 0.3 is 0 Å². The summed E-state index contributed by atoms with van der Waals surface area (Å²) in [4.78, 5) is 16.9. The summed E-state index contributed by atoms with van der Waals surface area (Å²) in [6.45, 7) is 10.2. The van der Waals surface area contributed by atoms with Gasteiger partial charge in [-0.05, 0) is 26.3 Å². The molecule has 2 aliphatic rings. The van der Waals surface area contributed by atoms with Crippen LogP contribution in [0, 0.1) is 6.92 Å². The minimum atomic E-state index is -0.268. The molecule has 140 valence electrons. The second-order valence-electron chi connectivity index (χ2n) is 7.61. The lowest BCUT2D eigenvalue weighted by molar-refractivity contribution is -0.179. The molecule has 9 nitrogen and oxygen atoms in total. The molecule has 1 N–H and O–H groups in total. The number of amides is 1. The predicted octanol–water partition coefficient (Wildman–Crippen LogP) is 0.618. The summed E-state index contributed by atoms with van der Waals surface area (Å²) >= 11 is 0. The molecule has 0 atom stereocenters. The standard InChI is InChI=1S/C17H25N7O2/c1-12(2)24-8-14(19-21-24)7-22-9-17(10-22)11-23(4-5-26-17)16(25)15-13(3)6-18-20-15/h6,8,12H,4-5,7,9-11H2,1-3H3,(H,18,20). The average Bonchev–Trinajstić information content (AvgIpc) is 3.22. The second-order valence-corrected chi connectivity index (χ2v) is 7.61. The fourth-order valence-electron chi connectivity index (χ4n) is 3.68. The summed E-state index contributed by atoms with van der Waals surface area (Å²) < 4.78 is 7.91.